The number of nitrogens with zero attached hydrogens (tertiary/aromatic N) is 3. The Morgan fingerprint density at radius 3 is 2.26 bits per heavy atom. The summed E-state index contributed by atoms with van der Waals surface area (Å²) in [4.78, 5) is 0. The second kappa shape index (κ2) is 4.08. The van der Waals surface area contributed by atoms with E-state index in [1.165, 1.54) is 12.1 Å². The molecule has 0 radical (unpaired) electrons. The van der Waals surface area contributed by atoms with Gasteiger partial charge in [0.05, 0.1) is 5.56 Å². The highest BCUT2D eigenvalue weighted by Crippen LogP contribution is 2.30. The zero-order chi connectivity index (χ0) is 13.5. The smallest absolute Gasteiger partial charge is 0.288 e. The minimum absolute atomic E-state index is 0.651. The molecule has 0 unspecified atom stereocenters. The predicted octanol–water partition coefficient (Wildman–Crippen LogP) is 3.42. The van der Waals surface area contributed by atoms with Gasteiger partial charge in [0.2, 0.25) is 0 Å². The molecule has 3 nitrogen and oxygen atoms in total. The molecular weight excluding hydrogens is 255 g/mol. The predicted molar refractivity (Wildman–Crippen MR) is 63.4 cm³/mol. The molecule has 0 bridgehead atoms. The fourth-order valence-electron chi connectivity index (χ4n) is 1.85. The largest absolute Gasteiger partial charge is 0.416 e. The fourth-order valence-corrected chi connectivity index (χ4v) is 1.85. The van der Waals surface area contributed by atoms with Crippen LogP contribution in [0.2, 0.25) is 0 Å². The Morgan fingerprint density at radius 2 is 1.58 bits per heavy atom. The van der Waals surface area contributed by atoms with Crippen molar-refractivity contribution < 1.29 is 13.2 Å². The van der Waals surface area contributed by atoms with Crippen LogP contribution in [0.5, 0.6) is 0 Å². The number of aromatic nitrogens is 3. The van der Waals surface area contributed by atoms with Gasteiger partial charge in [-0.15, -0.1) is 10.2 Å². The van der Waals surface area contributed by atoms with Crippen LogP contribution < -0.4 is 0 Å². The summed E-state index contributed by atoms with van der Waals surface area (Å²) in [6, 6.07) is 8.62. The van der Waals surface area contributed by atoms with Gasteiger partial charge in [-0.05, 0) is 35.4 Å². The van der Waals surface area contributed by atoms with Gasteiger partial charge in [-0.3, -0.25) is 4.40 Å². The van der Waals surface area contributed by atoms with Gasteiger partial charge < -0.3 is 0 Å². The monoisotopic (exact) mass is 263 g/mol. The van der Waals surface area contributed by atoms with Gasteiger partial charge in [-0.25, -0.2) is 0 Å². The molecule has 6 heteroatoms. The second-order valence-corrected chi connectivity index (χ2v) is 4.09. The average molecular weight is 263 g/mol. The molecule has 0 aliphatic heterocycles. The van der Waals surface area contributed by atoms with Gasteiger partial charge >= 0.3 is 6.18 Å². The molecular formula is C13H8F3N3. The van der Waals surface area contributed by atoms with Crippen molar-refractivity contribution in [2.75, 3.05) is 0 Å². The third kappa shape index (κ3) is 2.16. The molecule has 0 N–H and O–H groups in total. The van der Waals surface area contributed by atoms with Crippen molar-refractivity contribution in [1.82, 2.24) is 14.6 Å². The lowest BCUT2D eigenvalue weighted by molar-refractivity contribution is -0.137. The summed E-state index contributed by atoms with van der Waals surface area (Å²) >= 11 is 0. The Labute approximate surface area is 106 Å². The molecule has 3 aromatic rings. The molecule has 0 atom stereocenters. The zero-order valence-electron chi connectivity index (χ0n) is 9.59. The first-order valence-corrected chi connectivity index (χ1v) is 5.51. The first-order valence-electron chi connectivity index (χ1n) is 5.51. The maximum atomic E-state index is 12.5. The van der Waals surface area contributed by atoms with Crippen LogP contribution in [0.15, 0.2) is 48.9 Å². The Hall–Kier alpha value is -2.37. The summed E-state index contributed by atoms with van der Waals surface area (Å²) < 4.78 is 39.1. The Balaban J connectivity index is 2.01. The van der Waals surface area contributed by atoms with E-state index in [9.17, 15) is 13.2 Å². The third-order valence-electron chi connectivity index (χ3n) is 2.84. The van der Waals surface area contributed by atoms with E-state index in [2.05, 4.69) is 10.2 Å². The summed E-state index contributed by atoms with van der Waals surface area (Å²) in [7, 11) is 0. The zero-order valence-corrected chi connectivity index (χ0v) is 9.59. The third-order valence-corrected chi connectivity index (χ3v) is 2.84. The summed E-state index contributed by atoms with van der Waals surface area (Å²) in [5, 5.41) is 7.61. The van der Waals surface area contributed by atoms with Crippen molar-refractivity contribution in [3.63, 3.8) is 0 Å². The highest BCUT2D eigenvalue weighted by atomic mass is 19.4. The van der Waals surface area contributed by atoms with Gasteiger partial charge in [-0.2, -0.15) is 13.2 Å². The summed E-state index contributed by atoms with van der Waals surface area (Å²) in [6.07, 6.45) is -0.988. The highest BCUT2D eigenvalue weighted by molar-refractivity contribution is 5.64. The van der Waals surface area contributed by atoms with Crippen molar-refractivity contribution in [2.45, 2.75) is 6.18 Å². The molecule has 0 aliphatic rings. The maximum absolute atomic E-state index is 12.5. The van der Waals surface area contributed by atoms with Crippen molar-refractivity contribution >= 4 is 5.65 Å². The van der Waals surface area contributed by atoms with Crippen molar-refractivity contribution in [3.8, 4) is 11.1 Å². The first-order chi connectivity index (χ1) is 9.04. The molecule has 96 valence electrons. The molecule has 3 rings (SSSR count). The SMILES string of the molecule is FC(F)(F)c1ccc(-c2ccc3nncn3c2)cc1. The van der Waals surface area contributed by atoms with Crippen molar-refractivity contribution in [1.29, 1.82) is 0 Å². The van der Waals surface area contributed by atoms with E-state index in [4.69, 9.17) is 0 Å². The van der Waals surface area contributed by atoms with Gasteiger partial charge in [0.25, 0.3) is 0 Å². The first kappa shape index (κ1) is 11.7. The standard InChI is InChI=1S/C13H8F3N3/c14-13(15,16)11-4-1-9(2-5-11)10-3-6-12-18-17-8-19(12)7-10/h1-8H. The number of benzene rings is 1. The Morgan fingerprint density at radius 1 is 0.895 bits per heavy atom. The van der Waals surface area contributed by atoms with E-state index in [0.29, 0.717) is 11.2 Å². The summed E-state index contributed by atoms with van der Waals surface area (Å²) in [6.45, 7) is 0. The van der Waals surface area contributed by atoms with E-state index in [0.717, 1.165) is 17.7 Å². The number of hydrogen-bond donors (Lipinski definition) is 0. The minimum Gasteiger partial charge on any atom is -0.288 e. The van der Waals surface area contributed by atoms with Gasteiger partial charge in [-0.1, -0.05) is 12.1 Å². The Bertz CT molecular complexity index is 714. The van der Waals surface area contributed by atoms with Gasteiger partial charge in [0, 0.05) is 6.20 Å². The van der Waals surface area contributed by atoms with Crippen molar-refractivity contribution in [2.24, 2.45) is 0 Å². The minimum atomic E-state index is -4.31. The van der Waals surface area contributed by atoms with Crippen LogP contribution in [0, 0.1) is 0 Å². The average Bonchev–Trinajstić information content (AvgIpc) is 2.85. The van der Waals surface area contributed by atoms with Crippen LogP contribution in [0.1, 0.15) is 5.56 Å². The number of halogens is 3. The van der Waals surface area contributed by atoms with Crippen LogP contribution in [0.4, 0.5) is 13.2 Å². The van der Waals surface area contributed by atoms with E-state index >= 15 is 0 Å². The Kier molecular flexibility index (Phi) is 2.51. The second-order valence-electron chi connectivity index (χ2n) is 4.09. The number of fused-ring (bicyclic) bond motifs is 1. The molecule has 0 saturated heterocycles. The topological polar surface area (TPSA) is 30.2 Å². The van der Waals surface area contributed by atoms with Crippen molar-refractivity contribution in [3.05, 3.63) is 54.5 Å². The summed E-state index contributed by atoms with van der Waals surface area (Å²) in [5.74, 6) is 0. The van der Waals surface area contributed by atoms with Crippen LogP contribution in [-0.2, 0) is 6.18 Å². The lowest BCUT2D eigenvalue weighted by Gasteiger charge is -2.07. The van der Waals surface area contributed by atoms with Crippen LogP contribution in [0.25, 0.3) is 16.8 Å². The molecule has 19 heavy (non-hydrogen) atoms. The molecule has 0 amide bonds. The molecule has 2 aromatic heterocycles. The van der Waals surface area contributed by atoms with Crippen LogP contribution >= 0.6 is 0 Å². The van der Waals surface area contributed by atoms with E-state index in [-0.39, 0.29) is 0 Å². The molecule has 2 heterocycles. The highest BCUT2D eigenvalue weighted by Gasteiger charge is 2.29. The lowest BCUT2D eigenvalue weighted by atomic mass is 10.1. The molecule has 0 fully saturated rings. The van der Waals surface area contributed by atoms with E-state index < -0.39 is 11.7 Å². The molecule has 0 spiro atoms. The quantitative estimate of drug-likeness (QED) is 0.673. The number of rotatable bonds is 1. The lowest BCUT2D eigenvalue weighted by Crippen LogP contribution is -2.04. The maximum Gasteiger partial charge on any atom is 0.416 e. The fraction of sp³-hybridized carbons (Fsp3) is 0.0769. The van der Waals surface area contributed by atoms with E-state index in [1.54, 1.807) is 29.1 Å². The van der Waals surface area contributed by atoms with E-state index in [1.807, 2.05) is 0 Å². The number of pyridine rings is 1. The van der Waals surface area contributed by atoms with Crippen LogP contribution in [0.3, 0.4) is 0 Å². The normalized spacial score (nSPS) is 11.9. The molecule has 0 aliphatic carbocycles. The van der Waals surface area contributed by atoms with Gasteiger partial charge in [0.15, 0.2) is 5.65 Å². The number of alkyl halides is 3. The van der Waals surface area contributed by atoms with Gasteiger partial charge in [0.1, 0.15) is 6.33 Å². The molecule has 0 saturated carbocycles. The summed E-state index contributed by atoms with van der Waals surface area (Å²) in [5.41, 5.74) is 1.56. The molecule has 1 aromatic carbocycles. The number of hydrogen-bond acceptors (Lipinski definition) is 2. The van der Waals surface area contributed by atoms with Crippen LogP contribution in [-0.4, -0.2) is 14.6 Å².